The number of hydrogen-bond acceptors (Lipinski definition) is 8. The first-order valence-electron chi connectivity index (χ1n) is 11.4. The smallest absolute Gasteiger partial charge is 0.254 e. The third-order valence-electron chi connectivity index (χ3n) is 6.24. The Bertz CT molecular complexity index is 1310. The Labute approximate surface area is 203 Å². The molecule has 3 aromatic rings. The summed E-state index contributed by atoms with van der Waals surface area (Å²) in [7, 11) is 3.80. The van der Waals surface area contributed by atoms with Crippen LogP contribution in [0.4, 0.5) is 34.5 Å². The molecule has 2 aliphatic rings. The van der Waals surface area contributed by atoms with Crippen LogP contribution in [0, 0.1) is 6.57 Å². The monoisotopic (exact) mass is 470 g/mol. The highest BCUT2D eigenvalue weighted by Gasteiger charge is 2.23. The number of methoxy groups -OCH3 is 1. The van der Waals surface area contributed by atoms with Gasteiger partial charge < -0.3 is 30.5 Å². The Morgan fingerprint density at radius 2 is 1.97 bits per heavy atom. The van der Waals surface area contributed by atoms with Crippen LogP contribution in [0.5, 0.6) is 5.75 Å². The van der Waals surface area contributed by atoms with Crippen LogP contribution in [0.25, 0.3) is 4.85 Å². The first kappa shape index (κ1) is 22.4. The van der Waals surface area contributed by atoms with Gasteiger partial charge in [0.2, 0.25) is 11.6 Å². The van der Waals surface area contributed by atoms with E-state index < -0.39 is 0 Å². The number of carbonyl (C=O) groups excluding carboxylic acids is 1. The summed E-state index contributed by atoms with van der Waals surface area (Å²) in [5.74, 6) is 1.34. The third-order valence-corrected chi connectivity index (χ3v) is 6.24. The standard InChI is InChI=1S/C25H26N8O2/c1-26-19-15-28-25(31-23(19)30-18-6-4-5-16-14-27-24(34)22(16)18)29-17-7-8-21(35-3)20(13-17)33-11-9-32(2)10-12-33/h4-8,13,15H,9-12,14H2,2-3H3,(H,27,34)(H2,28,29,30,31). The number of aromatic nitrogens is 2. The van der Waals surface area contributed by atoms with E-state index in [0.717, 1.165) is 48.9 Å². The highest BCUT2D eigenvalue weighted by Crippen LogP contribution is 2.34. The highest BCUT2D eigenvalue weighted by atomic mass is 16.5. The second-order valence-corrected chi connectivity index (χ2v) is 8.49. The zero-order chi connectivity index (χ0) is 24.4. The van der Waals surface area contributed by atoms with Crippen molar-refractivity contribution in [2.45, 2.75) is 6.54 Å². The number of nitrogens with zero attached hydrogens (tertiary/aromatic N) is 5. The van der Waals surface area contributed by atoms with Gasteiger partial charge in [0.1, 0.15) is 11.6 Å². The van der Waals surface area contributed by atoms with Crippen molar-refractivity contribution >= 4 is 40.4 Å². The Morgan fingerprint density at radius 1 is 1.14 bits per heavy atom. The van der Waals surface area contributed by atoms with Crippen molar-refractivity contribution in [1.82, 2.24) is 20.2 Å². The summed E-state index contributed by atoms with van der Waals surface area (Å²) < 4.78 is 5.60. The van der Waals surface area contributed by atoms with E-state index >= 15 is 0 Å². The number of anilines is 5. The maximum Gasteiger partial charge on any atom is 0.254 e. The molecule has 35 heavy (non-hydrogen) atoms. The van der Waals surface area contributed by atoms with Crippen LogP contribution in [-0.2, 0) is 6.54 Å². The van der Waals surface area contributed by atoms with Crippen molar-refractivity contribution in [1.29, 1.82) is 0 Å². The summed E-state index contributed by atoms with van der Waals surface area (Å²) in [5.41, 5.74) is 4.16. The molecule has 0 bridgehead atoms. The minimum atomic E-state index is -0.144. The van der Waals surface area contributed by atoms with Crippen LogP contribution in [0.3, 0.4) is 0 Å². The molecule has 1 saturated heterocycles. The molecule has 178 valence electrons. The van der Waals surface area contributed by atoms with Gasteiger partial charge in [-0.05, 0) is 36.9 Å². The zero-order valence-electron chi connectivity index (χ0n) is 19.6. The average molecular weight is 471 g/mol. The number of likely N-dealkylation sites (N-methyl/N-ethyl adjacent to an activating group) is 1. The van der Waals surface area contributed by atoms with Crippen LogP contribution in [0.2, 0.25) is 0 Å². The van der Waals surface area contributed by atoms with Gasteiger partial charge in [-0.1, -0.05) is 12.1 Å². The van der Waals surface area contributed by atoms with Crippen molar-refractivity contribution in [3.63, 3.8) is 0 Å². The lowest BCUT2D eigenvalue weighted by Crippen LogP contribution is -2.44. The number of ether oxygens (including phenoxy) is 1. The molecule has 0 unspecified atom stereocenters. The average Bonchev–Trinajstić information content (AvgIpc) is 3.26. The SMILES string of the molecule is [C-]#[N+]c1cnc(Nc2ccc(OC)c(N3CCN(C)CC3)c2)nc1Nc1cccc2c1C(=O)NC2. The number of benzene rings is 2. The van der Waals surface area contributed by atoms with Gasteiger partial charge in [-0.2, -0.15) is 0 Å². The quantitative estimate of drug-likeness (QED) is 0.471. The largest absolute Gasteiger partial charge is 0.495 e. The molecule has 1 fully saturated rings. The second-order valence-electron chi connectivity index (χ2n) is 8.49. The second kappa shape index (κ2) is 9.48. The van der Waals surface area contributed by atoms with Crippen LogP contribution >= 0.6 is 0 Å². The number of carbonyl (C=O) groups is 1. The molecule has 10 nitrogen and oxygen atoms in total. The van der Waals surface area contributed by atoms with E-state index in [1.165, 1.54) is 6.20 Å². The number of hydrogen-bond donors (Lipinski definition) is 3. The van der Waals surface area contributed by atoms with Crippen molar-refractivity contribution in [3.05, 3.63) is 65.1 Å². The van der Waals surface area contributed by atoms with Crippen LogP contribution in [0.15, 0.2) is 42.6 Å². The summed E-state index contributed by atoms with van der Waals surface area (Å²) in [6.07, 6.45) is 1.47. The lowest BCUT2D eigenvalue weighted by atomic mass is 10.1. The molecule has 1 aromatic heterocycles. The van der Waals surface area contributed by atoms with Crippen LogP contribution in [-0.4, -0.2) is 61.1 Å². The fourth-order valence-electron chi connectivity index (χ4n) is 4.31. The predicted octanol–water partition coefficient (Wildman–Crippen LogP) is 3.52. The van der Waals surface area contributed by atoms with Crippen molar-refractivity contribution in [3.8, 4) is 5.75 Å². The minimum absolute atomic E-state index is 0.144. The first-order valence-corrected chi connectivity index (χ1v) is 11.4. The molecule has 0 spiro atoms. The summed E-state index contributed by atoms with van der Waals surface area (Å²) in [4.78, 5) is 29.3. The maximum atomic E-state index is 12.3. The van der Waals surface area contributed by atoms with E-state index in [-0.39, 0.29) is 11.6 Å². The number of rotatable bonds is 6. The Balaban J connectivity index is 1.42. The van der Waals surface area contributed by atoms with Gasteiger partial charge in [-0.3, -0.25) is 4.79 Å². The number of fused-ring (bicyclic) bond motifs is 1. The van der Waals surface area contributed by atoms with E-state index in [4.69, 9.17) is 11.3 Å². The van der Waals surface area contributed by atoms with Gasteiger partial charge in [0.15, 0.2) is 0 Å². The van der Waals surface area contributed by atoms with Gasteiger partial charge in [0.25, 0.3) is 5.91 Å². The van der Waals surface area contributed by atoms with Gasteiger partial charge >= 0.3 is 0 Å². The van der Waals surface area contributed by atoms with E-state index in [9.17, 15) is 4.79 Å². The van der Waals surface area contributed by atoms with Gasteiger partial charge in [0, 0.05) is 44.6 Å². The van der Waals surface area contributed by atoms with Crippen molar-refractivity contribution < 1.29 is 9.53 Å². The third kappa shape index (κ3) is 4.54. The number of piperazine rings is 1. The molecule has 0 radical (unpaired) electrons. The Morgan fingerprint density at radius 3 is 2.74 bits per heavy atom. The molecule has 3 heterocycles. The Hall–Kier alpha value is -4.36. The minimum Gasteiger partial charge on any atom is -0.495 e. The molecule has 1 amide bonds. The fraction of sp³-hybridized carbons (Fsp3) is 0.280. The molecular weight excluding hydrogens is 444 g/mol. The lowest BCUT2D eigenvalue weighted by molar-refractivity contribution is 0.0966. The molecule has 5 rings (SSSR count). The predicted molar refractivity (Wildman–Crippen MR) is 135 cm³/mol. The van der Waals surface area contributed by atoms with Gasteiger partial charge in [-0.15, -0.1) is 0 Å². The zero-order valence-corrected chi connectivity index (χ0v) is 19.6. The van der Waals surface area contributed by atoms with E-state index in [0.29, 0.717) is 29.6 Å². The number of amides is 1. The summed E-state index contributed by atoms with van der Waals surface area (Å²) in [6, 6.07) is 11.4. The van der Waals surface area contributed by atoms with E-state index in [1.54, 1.807) is 13.2 Å². The van der Waals surface area contributed by atoms with Crippen LogP contribution < -0.4 is 25.6 Å². The topological polar surface area (TPSA) is 99.0 Å². The number of nitrogens with one attached hydrogen (secondary N) is 3. The highest BCUT2D eigenvalue weighted by molar-refractivity contribution is 6.04. The fourth-order valence-corrected chi connectivity index (χ4v) is 4.31. The van der Waals surface area contributed by atoms with Crippen LogP contribution in [0.1, 0.15) is 15.9 Å². The van der Waals surface area contributed by atoms with Crippen molar-refractivity contribution in [2.24, 2.45) is 0 Å². The maximum absolute atomic E-state index is 12.3. The van der Waals surface area contributed by atoms with E-state index in [1.807, 2.05) is 30.3 Å². The summed E-state index contributed by atoms with van der Waals surface area (Å²) in [6.45, 7) is 11.8. The van der Waals surface area contributed by atoms with Gasteiger partial charge in [0.05, 0.1) is 30.6 Å². The molecular formula is C25H26N8O2. The molecule has 2 aromatic carbocycles. The van der Waals surface area contributed by atoms with E-state index in [2.05, 4.69) is 47.6 Å². The van der Waals surface area contributed by atoms with Crippen molar-refractivity contribution in [2.75, 3.05) is 55.9 Å². The Kier molecular flexibility index (Phi) is 6.08. The molecule has 2 aliphatic heterocycles. The molecule has 10 heteroatoms. The molecule has 3 N–H and O–H groups in total. The normalized spacial score (nSPS) is 15.2. The first-order chi connectivity index (χ1) is 17.1. The molecule has 0 aliphatic carbocycles. The molecule has 0 atom stereocenters. The summed E-state index contributed by atoms with van der Waals surface area (Å²) in [5, 5.41) is 9.24. The molecule has 0 saturated carbocycles. The van der Waals surface area contributed by atoms with Gasteiger partial charge in [-0.25, -0.2) is 14.8 Å². The summed E-state index contributed by atoms with van der Waals surface area (Å²) >= 11 is 0. The lowest BCUT2D eigenvalue weighted by Gasteiger charge is -2.34.